The van der Waals surface area contributed by atoms with Crippen molar-refractivity contribution >= 4 is 40.6 Å². The van der Waals surface area contributed by atoms with E-state index < -0.39 is 17.5 Å². The van der Waals surface area contributed by atoms with Crippen molar-refractivity contribution in [3.63, 3.8) is 0 Å². The largest absolute Gasteiger partial charge is 0.316 e. The van der Waals surface area contributed by atoms with Crippen molar-refractivity contribution in [2.75, 3.05) is 5.32 Å². The molecular formula is C8H2Cl2FNO2. The van der Waals surface area contributed by atoms with Crippen LogP contribution in [0.4, 0.5) is 10.1 Å². The Labute approximate surface area is 87.8 Å². The van der Waals surface area contributed by atoms with Gasteiger partial charge in [-0.1, -0.05) is 23.2 Å². The number of Topliss-reactive ketones (excluding diaryl/α,β-unsaturated/α-hetero) is 1. The number of amides is 1. The molecular weight excluding hydrogens is 232 g/mol. The lowest BCUT2D eigenvalue weighted by Gasteiger charge is -2.02. The number of fused-ring (bicyclic) bond motifs is 1. The van der Waals surface area contributed by atoms with Gasteiger partial charge in [0.2, 0.25) is 0 Å². The summed E-state index contributed by atoms with van der Waals surface area (Å²) in [5.41, 5.74) is -0.393. The van der Waals surface area contributed by atoms with Gasteiger partial charge in [0.05, 0.1) is 21.3 Å². The van der Waals surface area contributed by atoms with Crippen LogP contribution in [0.25, 0.3) is 0 Å². The number of halogens is 3. The first kappa shape index (κ1) is 9.43. The van der Waals surface area contributed by atoms with Gasteiger partial charge in [0.25, 0.3) is 11.7 Å². The normalized spacial score (nSPS) is 14.2. The van der Waals surface area contributed by atoms with Gasteiger partial charge in [0, 0.05) is 0 Å². The number of anilines is 1. The molecule has 1 aromatic carbocycles. The van der Waals surface area contributed by atoms with Crippen molar-refractivity contribution in [1.82, 2.24) is 0 Å². The number of carbonyl (C=O) groups is 2. The molecule has 6 heteroatoms. The lowest BCUT2D eigenvalue weighted by Crippen LogP contribution is -2.12. The van der Waals surface area contributed by atoms with Gasteiger partial charge in [-0.25, -0.2) is 4.39 Å². The van der Waals surface area contributed by atoms with Crippen molar-refractivity contribution in [2.24, 2.45) is 0 Å². The van der Waals surface area contributed by atoms with E-state index >= 15 is 0 Å². The molecule has 14 heavy (non-hydrogen) atoms. The molecule has 1 heterocycles. The molecule has 72 valence electrons. The van der Waals surface area contributed by atoms with Gasteiger partial charge in [-0.15, -0.1) is 0 Å². The lowest BCUT2D eigenvalue weighted by molar-refractivity contribution is -0.112. The minimum absolute atomic E-state index is 0.0900. The summed E-state index contributed by atoms with van der Waals surface area (Å²) < 4.78 is 13.2. The molecule has 0 saturated heterocycles. The maximum atomic E-state index is 13.2. The van der Waals surface area contributed by atoms with E-state index in [1.165, 1.54) is 0 Å². The first-order chi connectivity index (χ1) is 6.52. The van der Waals surface area contributed by atoms with Crippen LogP contribution >= 0.6 is 23.2 Å². The van der Waals surface area contributed by atoms with E-state index in [0.29, 0.717) is 0 Å². The maximum Gasteiger partial charge on any atom is 0.297 e. The van der Waals surface area contributed by atoms with E-state index in [1.54, 1.807) is 0 Å². The Hall–Kier alpha value is -1.13. The number of carbonyl (C=O) groups excluding carboxylic acids is 2. The average molecular weight is 234 g/mol. The summed E-state index contributed by atoms with van der Waals surface area (Å²) in [6.45, 7) is 0. The molecule has 1 aliphatic rings. The summed E-state index contributed by atoms with van der Waals surface area (Å²) in [7, 11) is 0. The molecule has 0 saturated carbocycles. The second-order valence-corrected chi connectivity index (χ2v) is 3.47. The van der Waals surface area contributed by atoms with E-state index in [9.17, 15) is 14.0 Å². The van der Waals surface area contributed by atoms with E-state index in [-0.39, 0.29) is 21.3 Å². The Morgan fingerprint density at radius 1 is 1.29 bits per heavy atom. The van der Waals surface area contributed by atoms with Crippen molar-refractivity contribution in [1.29, 1.82) is 0 Å². The van der Waals surface area contributed by atoms with Gasteiger partial charge in [0.15, 0.2) is 0 Å². The maximum absolute atomic E-state index is 13.2. The van der Waals surface area contributed by atoms with Crippen LogP contribution in [0.5, 0.6) is 0 Å². The SMILES string of the molecule is O=C1Nc2c(F)cc(Cl)c(Cl)c2C1=O. The number of hydrogen-bond acceptors (Lipinski definition) is 2. The molecule has 0 aliphatic carbocycles. The molecule has 1 N–H and O–H groups in total. The molecule has 0 radical (unpaired) electrons. The Balaban J connectivity index is 2.80. The lowest BCUT2D eigenvalue weighted by atomic mass is 10.1. The predicted molar refractivity (Wildman–Crippen MR) is 49.4 cm³/mol. The molecule has 1 amide bonds. The van der Waals surface area contributed by atoms with Gasteiger partial charge < -0.3 is 5.32 Å². The van der Waals surface area contributed by atoms with Gasteiger partial charge in [-0.05, 0) is 6.07 Å². The van der Waals surface area contributed by atoms with E-state index in [0.717, 1.165) is 6.07 Å². The molecule has 0 fully saturated rings. The molecule has 3 nitrogen and oxygen atoms in total. The summed E-state index contributed by atoms with van der Waals surface area (Å²) in [4.78, 5) is 22.1. The van der Waals surface area contributed by atoms with Crippen LogP contribution < -0.4 is 5.32 Å². The fourth-order valence-corrected chi connectivity index (χ4v) is 1.64. The highest BCUT2D eigenvalue weighted by Gasteiger charge is 2.34. The zero-order valence-corrected chi connectivity index (χ0v) is 8.04. The Bertz CT molecular complexity index is 473. The second-order valence-electron chi connectivity index (χ2n) is 2.69. The third kappa shape index (κ3) is 1.11. The van der Waals surface area contributed by atoms with Gasteiger partial charge in [-0.2, -0.15) is 0 Å². The monoisotopic (exact) mass is 233 g/mol. The highest BCUT2D eigenvalue weighted by molar-refractivity contribution is 6.56. The van der Waals surface area contributed by atoms with Crippen LogP contribution in [0.3, 0.4) is 0 Å². The smallest absolute Gasteiger partial charge is 0.297 e. The number of ketones is 1. The van der Waals surface area contributed by atoms with Gasteiger partial charge >= 0.3 is 0 Å². The Morgan fingerprint density at radius 3 is 2.57 bits per heavy atom. The van der Waals surface area contributed by atoms with E-state index in [2.05, 4.69) is 5.32 Å². The van der Waals surface area contributed by atoms with Crippen LogP contribution in [0.1, 0.15) is 10.4 Å². The average Bonchev–Trinajstić information content (AvgIpc) is 2.41. The Kier molecular flexibility index (Phi) is 1.97. The molecule has 0 aromatic heterocycles. The predicted octanol–water partition coefficient (Wildman–Crippen LogP) is 2.27. The summed E-state index contributed by atoms with van der Waals surface area (Å²) in [6.07, 6.45) is 0. The zero-order chi connectivity index (χ0) is 10.5. The van der Waals surface area contributed by atoms with Crippen molar-refractivity contribution < 1.29 is 14.0 Å². The van der Waals surface area contributed by atoms with Crippen molar-refractivity contribution in [2.45, 2.75) is 0 Å². The molecule has 0 bridgehead atoms. The molecule has 2 rings (SSSR count). The fourth-order valence-electron chi connectivity index (χ4n) is 1.21. The molecule has 1 aromatic rings. The summed E-state index contributed by atoms with van der Waals surface area (Å²) in [6, 6.07) is 0.946. The minimum atomic E-state index is -0.900. The van der Waals surface area contributed by atoms with Crippen molar-refractivity contribution in [3.8, 4) is 0 Å². The Morgan fingerprint density at radius 2 is 1.93 bits per heavy atom. The summed E-state index contributed by atoms with van der Waals surface area (Å²) in [5.74, 6) is -2.54. The summed E-state index contributed by atoms with van der Waals surface area (Å²) in [5, 5.41) is 1.88. The third-order valence-electron chi connectivity index (χ3n) is 1.84. The molecule has 0 atom stereocenters. The highest BCUT2D eigenvalue weighted by Crippen LogP contribution is 2.37. The number of benzene rings is 1. The van der Waals surface area contributed by atoms with Crippen LogP contribution in [0.15, 0.2) is 6.07 Å². The number of nitrogens with one attached hydrogen (secondary N) is 1. The topological polar surface area (TPSA) is 46.2 Å². The van der Waals surface area contributed by atoms with E-state index in [4.69, 9.17) is 23.2 Å². The first-order valence-electron chi connectivity index (χ1n) is 3.55. The quantitative estimate of drug-likeness (QED) is 0.552. The fraction of sp³-hybridized carbons (Fsp3) is 0. The van der Waals surface area contributed by atoms with E-state index in [1.807, 2.05) is 0 Å². The van der Waals surface area contributed by atoms with Gasteiger partial charge in [-0.3, -0.25) is 9.59 Å². The van der Waals surface area contributed by atoms with Crippen LogP contribution in [-0.4, -0.2) is 11.7 Å². The second kappa shape index (κ2) is 2.93. The number of rotatable bonds is 0. The van der Waals surface area contributed by atoms with Crippen LogP contribution in [0, 0.1) is 5.82 Å². The van der Waals surface area contributed by atoms with Gasteiger partial charge in [0.1, 0.15) is 5.82 Å². The summed E-state index contributed by atoms with van der Waals surface area (Å²) >= 11 is 11.2. The standard InChI is InChI=1S/C8H2Cl2FNO2/c9-2-1-3(11)6-4(5(2)10)7(13)8(14)12-6/h1H,(H,12,13,14). The van der Waals surface area contributed by atoms with Crippen LogP contribution in [-0.2, 0) is 4.79 Å². The molecule has 0 spiro atoms. The van der Waals surface area contributed by atoms with Crippen molar-refractivity contribution in [3.05, 3.63) is 27.5 Å². The molecule has 0 unspecified atom stereocenters. The highest BCUT2D eigenvalue weighted by atomic mass is 35.5. The van der Waals surface area contributed by atoms with Crippen LogP contribution in [0.2, 0.25) is 10.0 Å². The third-order valence-corrected chi connectivity index (χ3v) is 2.63. The first-order valence-corrected chi connectivity index (χ1v) is 4.31. The zero-order valence-electron chi connectivity index (χ0n) is 6.53. The molecule has 1 aliphatic heterocycles. The number of hydrogen-bond donors (Lipinski definition) is 1. The minimum Gasteiger partial charge on any atom is -0.316 e.